The van der Waals surface area contributed by atoms with Gasteiger partial charge in [0, 0.05) is 32.4 Å². The van der Waals surface area contributed by atoms with Crippen molar-refractivity contribution in [2.75, 3.05) is 38.2 Å². The minimum Gasteiger partial charge on any atom is -0.394 e. The van der Waals surface area contributed by atoms with Gasteiger partial charge in [-0.25, -0.2) is 0 Å². The van der Waals surface area contributed by atoms with Gasteiger partial charge in [-0.3, -0.25) is 4.79 Å². The highest BCUT2D eigenvalue weighted by molar-refractivity contribution is 5.99. The number of amides is 1. The lowest BCUT2D eigenvalue weighted by atomic mass is 10.1. The van der Waals surface area contributed by atoms with E-state index in [1.165, 1.54) is 0 Å². The van der Waals surface area contributed by atoms with E-state index >= 15 is 0 Å². The van der Waals surface area contributed by atoms with Crippen LogP contribution in [-0.2, 0) is 0 Å². The van der Waals surface area contributed by atoms with Gasteiger partial charge in [0.15, 0.2) is 0 Å². The molecule has 1 aromatic carbocycles. The van der Waals surface area contributed by atoms with Gasteiger partial charge in [-0.1, -0.05) is 12.1 Å². The summed E-state index contributed by atoms with van der Waals surface area (Å²) in [6.07, 6.45) is 0. The number of benzene rings is 1. The van der Waals surface area contributed by atoms with Crippen LogP contribution in [0.15, 0.2) is 24.3 Å². The number of rotatable bonds is 3. The summed E-state index contributed by atoms with van der Waals surface area (Å²) < 4.78 is 0. The van der Waals surface area contributed by atoms with E-state index in [0.29, 0.717) is 5.56 Å². The van der Waals surface area contributed by atoms with Gasteiger partial charge in [0.25, 0.3) is 5.91 Å². The Morgan fingerprint density at radius 3 is 2.80 bits per heavy atom. The van der Waals surface area contributed by atoms with E-state index < -0.39 is 0 Å². The fraction of sp³-hybridized carbons (Fsp3) is 0.462. The van der Waals surface area contributed by atoms with Crippen molar-refractivity contribution in [3.05, 3.63) is 29.8 Å². The zero-order chi connectivity index (χ0) is 13.0. The van der Waals surface area contributed by atoms with Gasteiger partial charge in [-0.05, 0) is 12.1 Å². The molecule has 0 spiro atoms. The molecule has 1 saturated heterocycles. The first kappa shape index (κ1) is 19.0. The molecule has 5 nitrogen and oxygen atoms in total. The van der Waals surface area contributed by atoms with Gasteiger partial charge in [0.05, 0.1) is 18.2 Å². The number of aliphatic hydroxyl groups excluding tert-OH is 1. The molecular formula is C13H21Cl2N3O2. The van der Waals surface area contributed by atoms with Crippen LogP contribution < -0.4 is 15.5 Å². The van der Waals surface area contributed by atoms with Crippen LogP contribution in [0.3, 0.4) is 0 Å². The van der Waals surface area contributed by atoms with E-state index in [1.54, 1.807) is 7.05 Å². The predicted molar refractivity (Wildman–Crippen MR) is 85.4 cm³/mol. The number of halogens is 2. The lowest BCUT2D eigenvalue weighted by Gasteiger charge is -2.37. The van der Waals surface area contributed by atoms with Crippen LogP contribution in [0.4, 0.5) is 5.69 Å². The third-order valence-electron chi connectivity index (χ3n) is 3.25. The van der Waals surface area contributed by atoms with Crippen molar-refractivity contribution in [2.45, 2.75) is 6.04 Å². The van der Waals surface area contributed by atoms with Gasteiger partial charge in [-0.2, -0.15) is 0 Å². The lowest BCUT2D eigenvalue weighted by Crippen LogP contribution is -2.53. The average Bonchev–Trinajstić information content (AvgIpc) is 2.46. The van der Waals surface area contributed by atoms with E-state index in [9.17, 15) is 9.90 Å². The molecule has 0 unspecified atom stereocenters. The van der Waals surface area contributed by atoms with Crippen molar-refractivity contribution in [3.8, 4) is 0 Å². The lowest BCUT2D eigenvalue weighted by molar-refractivity contribution is 0.0963. The van der Waals surface area contributed by atoms with Crippen LogP contribution in [0, 0.1) is 0 Å². The molecule has 0 aromatic heterocycles. The number of hydrogen-bond acceptors (Lipinski definition) is 4. The van der Waals surface area contributed by atoms with Gasteiger partial charge < -0.3 is 20.6 Å². The van der Waals surface area contributed by atoms with Gasteiger partial charge in [-0.15, -0.1) is 24.8 Å². The fourth-order valence-electron chi connectivity index (χ4n) is 2.29. The molecule has 1 fully saturated rings. The SMILES string of the molecule is CNC(=O)c1ccccc1N1CCNC[C@H]1CO.Cl.Cl. The third kappa shape index (κ3) is 3.99. The van der Waals surface area contributed by atoms with Crippen LogP contribution in [0.1, 0.15) is 10.4 Å². The van der Waals surface area contributed by atoms with Crippen LogP contribution in [0.2, 0.25) is 0 Å². The molecule has 114 valence electrons. The fourth-order valence-corrected chi connectivity index (χ4v) is 2.29. The number of para-hydroxylation sites is 1. The summed E-state index contributed by atoms with van der Waals surface area (Å²) >= 11 is 0. The van der Waals surface area contributed by atoms with Crippen molar-refractivity contribution < 1.29 is 9.90 Å². The predicted octanol–water partition coefficient (Wildman–Crippen LogP) is 0.660. The van der Waals surface area contributed by atoms with Crippen LogP contribution >= 0.6 is 24.8 Å². The average molecular weight is 322 g/mol. The van der Waals surface area contributed by atoms with Gasteiger partial charge in [0.1, 0.15) is 0 Å². The Morgan fingerprint density at radius 1 is 1.45 bits per heavy atom. The van der Waals surface area contributed by atoms with Crippen molar-refractivity contribution in [2.24, 2.45) is 0 Å². The van der Waals surface area contributed by atoms with Crippen molar-refractivity contribution >= 4 is 36.4 Å². The zero-order valence-electron chi connectivity index (χ0n) is 11.3. The maximum absolute atomic E-state index is 11.9. The normalized spacial score (nSPS) is 17.7. The van der Waals surface area contributed by atoms with Crippen molar-refractivity contribution in [1.82, 2.24) is 10.6 Å². The Balaban J connectivity index is 0.00000180. The topological polar surface area (TPSA) is 64.6 Å². The standard InChI is InChI=1S/C13H19N3O2.2ClH/c1-14-13(18)11-4-2-3-5-12(11)16-7-6-15-8-10(16)9-17;;/h2-5,10,15,17H,6-9H2,1H3,(H,14,18);2*1H/t10-;;/m0../s1. The van der Waals surface area contributed by atoms with E-state index in [2.05, 4.69) is 15.5 Å². The maximum Gasteiger partial charge on any atom is 0.253 e. The van der Waals surface area contributed by atoms with Gasteiger partial charge in [0.2, 0.25) is 0 Å². The second kappa shape index (κ2) is 9.02. The van der Waals surface area contributed by atoms with E-state index in [1.807, 2.05) is 24.3 Å². The molecule has 0 bridgehead atoms. The Morgan fingerprint density at radius 2 is 2.15 bits per heavy atom. The van der Waals surface area contributed by atoms with Crippen LogP contribution in [0.5, 0.6) is 0 Å². The summed E-state index contributed by atoms with van der Waals surface area (Å²) in [5.74, 6) is -0.0965. The number of carbonyl (C=O) groups is 1. The Labute approximate surface area is 131 Å². The second-order valence-corrected chi connectivity index (χ2v) is 4.33. The number of carbonyl (C=O) groups excluding carboxylic acids is 1. The molecular weight excluding hydrogens is 301 g/mol. The largest absolute Gasteiger partial charge is 0.394 e. The summed E-state index contributed by atoms with van der Waals surface area (Å²) in [6.45, 7) is 2.46. The first-order valence-corrected chi connectivity index (χ1v) is 6.17. The first-order chi connectivity index (χ1) is 8.77. The third-order valence-corrected chi connectivity index (χ3v) is 3.25. The number of aliphatic hydroxyl groups is 1. The Kier molecular flexibility index (Phi) is 8.57. The molecule has 1 heterocycles. The monoisotopic (exact) mass is 321 g/mol. The molecule has 20 heavy (non-hydrogen) atoms. The number of nitrogens with zero attached hydrogens (tertiary/aromatic N) is 1. The molecule has 7 heteroatoms. The molecule has 1 aliphatic rings. The zero-order valence-corrected chi connectivity index (χ0v) is 13.0. The first-order valence-electron chi connectivity index (χ1n) is 6.17. The van der Waals surface area contributed by atoms with Crippen LogP contribution in [0.25, 0.3) is 0 Å². The molecule has 0 saturated carbocycles. The minimum atomic E-state index is -0.0965. The van der Waals surface area contributed by atoms with Crippen LogP contribution in [-0.4, -0.2) is 50.3 Å². The molecule has 0 aliphatic carbocycles. The molecule has 1 aliphatic heterocycles. The Bertz CT molecular complexity index is 432. The van der Waals surface area contributed by atoms with Crippen molar-refractivity contribution in [3.63, 3.8) is 0 Å². The minimum absolute atomic E-state index is 0. The number of piperazine rings is 1. The quantitative estimate of drug-likeness (QED) is 0.765. The molecule has 2 rings (SSSR count). The van der Waals surface area contributed by atoms with E-state index in [0.717, 1.165) is 25.3 Å². The highest BCUT2D eigenvalue weighted by Gasteiger charge is 2.24. The molecule has 1 atom stereocenters. The summed E-state index contributed by atoms with van der Waals surface area (Å²) in [7, 11) is 1.63. The smallest absolute Gasteiger partial charge is 0.253 e. The van der Waals surface area contributed by atoms with Gasteiger partial charge >= 0.3 is 0 Å². The summed E-state index contributed by atoms with van der Waals surface area (Å²) in [5.41, 5.74) is 1.54. The number of anilines is 1. The summed E-state index contributed by atoms with van der Waals surface area (Å²) in [6, 6.07) is 7.52. The highest BCUT2D eigenvalue weighted by Crippen LogP contribution is 2.23. The summed E-state index contributed by atoms with van der Waals surface area (Å²) in [5, 5.41) is 15.3. The van der Waals surface area contributed by atoms with E-state index in [-0.39, 0.29) is 43.4 Å². The number of nitrogens with one attached hydrogen (secondary N) is 2. The maximum atomic E-state index is 11.9. The molecule has 1 aromatic rings. The summed E-state index contributed by atoms with van der Waals surface area (Å²) in [4.78, 5) is 14.0. The van der Waals surface area contributed by atoms with E-state index in [4.69, 9.17) is 0 Å². The molecule has 3 N–H and O–H groups in total. The van der Waals surface area contributed by atoms with Crippen molar-refractivity contribution in [1.29, 1.82) is 0 Å². The Hall–Kier alpha value is -1.01. The molecule has 0 radical (unpaired) electrons. The highest BCUT2D eigenvalue weighted by atomic mass is 35.5. The second-order valence-electron chi connectivity index (χ2n) is 4.33. The number of hydrogen-bond donors (Lipinski definition) is 3. The molecule has 1 amide bonds.